The average Bonchev–Trinajstić information content (AvgIpc) is 2.87. The molecule has 0 atom stereocenters. The molecule has 2 nitrogen and oxygen atoms in total. The highest BCUT2D eigenvalue weighted by molar-refractivity contribution is 6.32. The second-order valence-corrected chi connectivity index (χ2v) is 5.34. The van der Waals surface area contributed by atoms with Crippen LogP contribution in [0.1, 0.15) is 23.1 Å². The maximum absolute atomic E-state index is 6.08. The molecular weight excluding hydrogens is 258 g/mol. The molecule has 0 spiro atoms. The summed E-state index contributed by atoms with van der Waals surface area (Å²) < 4.78 is 5.75. The van der Waals surface area contributed by atoms with E-state index in [1.807, 2.05) is 0 Å². The molecular formula is C16H16ClNO. The molecule has 0 saturated heterocycles. The van der Waals surface area contributed by atoms with Gasteiger partial charge in [-0.15, -0.1) is 0 Å². The first-order valence-corrected chi connectivity index (χ1v) is 6.89. The van der Waals surface area contributed by atoms with Crippen LogP contribution in [0.25, 0.3) is 0 Å². The van der Waals surface area contributed by atoms with E-state index in [1.165, 1.54) is 36.0 Å². The number of ether oxygens (including phenoxy) is 1. The number of hydrogen-bond acceptors (Lipinski definition) is 2. The molecule has 0 bridgehead atoms. The summed E-state index contributed by atoms with van der Waals surface area (Å²) in [5.74, 6) is 0.641. The molecule has 0 unspecified atom stereocenters. The number of nitrogens with two attached hydrogens (primary N) is 1. The van der Waals surface area contributed by atoms with Crippen molar-refractivity contribution in [1.82, 2.24) is 0 Å². The molecule has 0 amide bonds. The summed E-state index contributed by atoms with van der Waals surface area (Å²) in [4.78, 5) is 0. The number of rotatable bonds is 3. The van der Waals surface area contributed by atoms with Gasteiger partial charge in [-0.3, -0.25) is 0 Å². The molecule has 0 radical (unpaired) electrons. The standard InChI is InChI=1S/C16H16ClNO/c17-15-7-6-14(18)9-16(15)19-10-11-4-5-12-2-1-3-13(12)8-11/h4-9H,1-3,10,18H2. The zero-order valence-corrected chi connectivity index (χ0v) is 11.4. The summed E-state index contributed by atoms with van der Waals surface area (Å²) in [5, 5.41) is 0.593. The predicted molar refractivity (Wildman–Crippen MR) is 78.7 cm³/mol. The van der Waals surface area contributed by atoms with Crippen molar-refractivity contribution in [1.29, 1.82) is 0 Å². The van der Waals surface area contributed by atoms with Gasteiger partial charge in [0.15, 0.2) is 0 Å². The van der Waals surface area contributed by atoms with E-state index in [2.05, 4.69) is 18.2 Å². The fourth-order valence-corrected chi connectivity index (χ4v) is 2.68. The van der Waals surface area contributed by atoms with E-state index in [1.54, 1.807) is 18.2 Å². The van der Waals surface area contributed by atoms with Crippen molar-refractivity contribution >= 4 is 17.3 Å². The summed E-state index contributed by atoms with van der Waals surface area (Å²) in [5.41, 5.74) is 10.5. The highest BCUT2D eigenvalue weighted by Gasteiger charge is 2.11. The zero-order valence-electron chi connectivity index (χ0n) is 10.7. The highest BCUT2D eigenvalue weighted by Crippen LogP contribution is 2.28. The van der Waals surface area contributed by atoms with Crippen molar-refractivity contribution in [3.63, 3.8) is 0 Å². The third-order valence-corrected chi connectivity index (χ3v) is 3.82. The van der Waals surface area contributed by atoms with E-state index in [4.69, 9.17) is 22.1 Å². The molecule has 2 aromatic rings. The van der Waals surface area contributed by atoms with Gasteiger partial charge in [0.1, 0.15) is 12.4 Å². The number of hydrogen-bond donors (Lipinski definition) is 1. The summed E-state index contributed by atoms with van der Waals surface area (Å²) in [6.07, 6.45) is 3.65. The van der Waals surface area contributed by atoms with Crippen LogP contribution < -0.4 is 10.5 Å². The molecule has 3 heteroatoms. The van der Waals surface area contributed by atoms with Crippen molar-refractivity contribution in [2.75, 3.05) is 5.73 Å². The Hall–Kier alpha value is -1.67. The molecule has 0 aromatic heterocycles. The van der Waals surface area contributed by atoms with Crippen LogP contribution >= 0.6 is 11.6 Å². The quantitative estimate of drug-likeness (QED) is 0.858. The summed E-state index contributed by atoms with van der Waals surface area (Å²) in [6.45, 7) is 0.524. The molecule has 3 rings (SSSR count). The number of halogens is 1. The molecule has 0 saturated carbocycles. The molecule has 0 fully saturated rings. The second-order valence-electron chi connectivity index (χ2n) is 4.94. The van der Waals surface area contributed by atoms with Crippen LogP contribution in [-0.4, -0.2) is 0 Å². The fraction of sp³-hybridized carbons (Fsp3) is 0.250. The van der Waals surface area contributed by atoms with Crippen LogP contribution in [0.2, 0.25) is 5.02 Å². The average molecular weight is 274 g/mol. The van der Waals surface area contributed by atoms with E-state index in [-0.39, 0.29) is 0 Å². The van der Waals surface area contributed by atoms with E-state index < -0.39 is 0 Å². The lowest BCUT2D eigenvalue weighted by Crippen LogP contribution is -1.98. The Morgan fingerprint density at radius 3 is 2.79 bits per heavy atom. The van der Waals surface area contributed by atoms with Crippen molar-refractivity contribution < 1.29 is 4.74 Å². The summed E-state index contributed by atoms with van der Waals surface area (Å²) in [7, 11) is 0. The van der Waals surface area contributed by atoms with Gasteiger partial charge in [-0.05, 0) is 48.1 Å². The molecule has 2 N–H and O–H groups in total. The molecule has 2 aromatic carbocycles. The van der Waals surface area contributed by atoms with E-state index in [0.717, 1.165) is 0 Å². The molecule has 0 heterocycles. The molecule has 1 aliphatic rings. The van der Waals surface area contributed by atoms with Crippen LogP contribution in [0.5, 0.6) is 5.75 Å². The number of aryl methyl sites for hydroxylation is 2. The van der Waals surface area contributed by atoms with Gasteiger partial charge in [0.25, 0.3) is 0 Å². The van der Waals surface area contributed by atoms with Gasteiger partial charge in [-0.2, -0.15) is 0 Å². The number of nitrogen functional groups attached to an aromatic ring is 1. The van der Waals surface area contributed by atoms with Crippen LogP contribution in [0.4, 0.5) is 5.69 Å². The lowest BCUT2D eigenvalue weighted by atomic mass is 10.1. The molecule has 98 valence electrons. The fourth-order valence-electron chi connectivity index (χ4n) is 2.51. The van der Waals surface area contributed by atoms with Gasteiger partial charge in [0.2, 0.25) is 0 Å². The third kappa shape index (κ3) is 2.69. The number of benzene rings is 2. The van der Waals surface area contributed by atoms with Crippen molar-refractivity contribution in [3.8, 4) is 5.75 Å². The van der Waals surface area contributed by atoms with Crippen LogP contribution in [-0.2, 0) is 19.4 Å². The van der Waals surface area contributed by atoms with Gasteiger partial charge < -0.3 is 10.5 Å². The summed E-state index contributed by atoms with van der Waals surface area (Å²) in [6, 6.07) is 11.9. The zero-order chi connectivity index (χ0) is 13.2. The van der Waals surface area contributed by atoms with Crippen LogP contribution in [0.3, 0.4) is 0 Å². The van der Waals surface area contributed by atoms with Gasteiger partial charge in [-0.25, -0.2) is 0 Å². The van der Waals surface area contributed by atoms with Crippen molar-refractivity contribution in [2.45, 2.75) is 25.9 Å². The molecule has 1 aliphatic carbocycles. The first kappa shape index (κ1) is 12.4. The Morgan fingerprint density at radius 1 is 1.05 bits per heavy atom. The lowest BCUT2D eigenvalue weighted by molar-refractivity contribution is 0.306. The number of fused-ring (bicyclic) bond motifs is 1. The van der Waals surface area contributed by atoms with E-state index in [0.29, 0.717) is 23.1 Å². The number of anilines is 1. The second kappa shape index (κ2) is 5.14. The van der Waals surface area contributed by atoms with Gasteiger partial charge in [-0.1, -0.05) is 29.8 Å². The van der Waals surface area contributed by atoms with Gasteiger partial charge in [0.05, 0.1) is 5.02 Å². The molecule has 0 aliphatic heterocycles. The van der Waals surface area contributed by atoms with Crippen molar-refractivity contribution in [2.24, 2.45) is 0 Å². The topological polar surface area (TPSA) is 35.2 Å². The smallest absolute Gasteiger partial charge is 0.140 e. The van der Waals surface area contributed by atoms with Crippen molar-refractivity contribution in [3.05, 3.63) is 58.1 Å². The minimum absolute atomic E-state index is 0.524. The summed E-state index contributed by atoms with van der Waals surface area (Å²) >= 11 is 6.08. The largest absolute Gasteiger partial charge is 0.487 e. The monoisotopic (exact) mass is 273 g/mol. The Labute approximate surface area is 118 Å². The molecule has 19 heavy (non-hydrogen) atoms. The Bertz CT molecular complexity index is 610. The Kier molecular flexibility index (Phi) is 3.34. The maximum atomic E-state index is 6.08. The Morgan fingerprint density at radius 2 is 1.89 bits per heavy atom. The predicted octanol–water partition coefficient (Wildman–Crippen LogP) is 3.99. The lowest BCUT2D eigenvalue weighted by Gasteiger charge is -2.10. The van der Waals surface area contributed by atoms with Gasteiger partial charge in [0, 0.05) is 11.8 Å². The Balaban J connectivity index is 1.74. The van der Waals surface area contributed by atoms with E-state index in [9.17, 15) is 0 Å². The normalized spacial score (nSPS) is 13.3. The van der Waals surface area contributed by atoms with Crippen LogP contribution in [0.15, 0.2) is 36.4 Å². The SMILES string of the molecule is Nc1ccc(Cl)c(OCc2ccc3c(c2)CCC3)c1. The van der Waals surface area contributed by atoms with E-state index >= 15 is 0 Å². The minimum atomic E-state index is 0.524. The maximum Gasteiger partial charge on any atom is 0.140 e. The first-order valence-electron chi connectivity index (χ1n) is 6.51. The van der Waals surface area contributed by atoms with Gasteiger partial charge >= 0.3 is 0 Å². The van der Waals surface area contributed by atoms with Crippen LogP contribution in [0, 0.1) is 0 Å². The first-order chi connectivity index (χ1) is 9.22. The minimum Gasteiger partial charge on any atom is -0.487 e. The third-order valence-electron chi connectivity index (χ3n) is 3.51. The highest BCUT2D eigenvalue weighted by atomic mass is 35.5.